The molecule has 0 aliphatic rings. The Morgan fingerprint density at radius 2 is 1.67 bits per heavy atom. The lowest BCUT2D eigenvalue weighted by Gasteiger charge is -2.07. The molecular formula is C22H34O5. The first-order valence-electron chi connectivity index (χ1n) is 9.61. The topological polar surface area (TPSA) is 87.0 Å². The number of rotatable bonds is 16. The van der Waals surface area contributed by atoms with Crippen molar-refractivity contribution in [2.24, 2.45) is 0 Å². The normalized spacial score (nSPS) is 15.1. The summed E-state index contributed by atoms with van der Waals surface area (Å²) in [5.74, 6) is -0.778. The minimum absolute atomic E-state index is 0.181. The monoisotopic (exact) mass is 378 g/mol. The second-order valence-electron chi connectivity index (χ2n) is 6.18. The summed E-state index contributed by atoms with van der Waals surface area (Å²) in [6, 6.07) is 0. The van der Waals surface area contributed by atoms with Crippen molar-refractivity contribution in [2.45, 2.75) is 70.5 Å². The molecule has 1 unspecified atom stereocenters. The van der Waals surface area contributed by atoms with Crippen LogP contribution in [0.25, 0.3) is 0 Å². The summed E-state index contributed by atoms with van der Waals surface area (Å²) in [4.78, 5) is 14.8. The standard InChI is InChI=1S/C22H34O5/c1-2-3-10-15-20(23)16-11-7-5-4-6-8-12-17-21(27-26)18-13-9-14-19-22(24)25/h3,5-8,10-12,16-17,20-21,23,26H,2,4,9,13-15,18-19H2,1H3,(H,24,25)/b7-5-,8-6-,10-3-,16-11+,17-12+/t20-,21?/m1/s1. The van der Waals surface area contributed by atoms with Gasteiger partial charge in [0, 0.05) is 6.42 Å². The van der Waals surface area contributed by atoms with Crippen LogP contribution in [0.5, 0.6) is 0 Å². The molecule has 2 atom stereocenters. The van der Waals surface area contributed by atoms with Gasteiger partial charge in [-0.3, -0.25) is 10.1 Å². The van der Waals surface area contributed by atoms with Crippen molar-refractivity contribution < 1.29 is 25.2 Å². The maximum Gasteiger partial charge on any atom is 0.303 e. The molecular weight excluding hydrogens is 344 g/mol. The van der Waals surface area contributed by atoms with Crippen molar-refractivity contribution in [1.82, 2.24) is 0 Å². The second kappa shape index (κ2) is 18.8. The molecule has 152 valence electrons. The third-order valence-corrected chi connectivity index (χ3v) is 3.72. The van der Waals surface area contributed by atoms with E-state index in [1.54, 1.807) is 12.2 Å². The Morgan fingerprint density at radius 1 is 0.963 bits per heavy atom. The first kappa shape index (κ1) is 25.1. The molecule has 0 rings (SSSR count). The van der Waals surface area contributed by atoms with E-state index in [1.165, 1.54) is 0 Å². The molecule has 5 heteroatoms. The number of aliphatic carboxylic acids is 1. The van der Waals surface area contributed by atoms with E-state index >= 15 is 0 Å². The highest BCUT2D eigenvalue weighted by Gasteiger charge is 2.04. The minimum atomic E-state index is -0.778. The summed E-state index contributed by atoms with van der Waals surface area (Å²) >= 11 is 0. The van der Waals surface area contributed by atoms with Gasteiger partial charge in [-0.2, -0.15) is 0 Å². The zero-order valence-corrected chi connectivity index (χ0v) is 16.2. The number of unbranched alkanes of at least 4 members (excludes halogenated alkanes) is 2. The molecule has 0 spiro atoms. The van der Waals surface area contributed by atoms with E-state index in [4.69, 9.17) is 10.4 Å². The van der Waals surface area contributed by atoms with Gasteiger partial charge in [-0.15, -0.1) is 0 Å². The van der Waals surface area contributed by atoms with Crippen molar-refractivity contribution in [3.05, 3.63) is 60.8 Å². The number of carboxylic acids is 1. The molecule has 0 aliphatic carbocycles. The fraction of sp³-hybridized carbons (Fsp3) is 0.500. The van der Waals surface area contributed by atoms with Crippen molar-refractivity contribution in [3.63, 3.8) is 0 Å². The van der Waals surface area contributed by atoms with Gasteiger partial charge in [0.25, 0.3) is 0 Å². The Labute approximate surface area is 163 Å². The molecule has 0 amide bonds. The zero-order valence-electron chi connectivity index (χ0n) is 16.2. The van der Waals surface area contributed by atoms with E-state index in [0.29, 0.717) is 19.3 Å². The van der Waals surface area contributed by atoms with Gasteiger partial charge in [0.2, 0.25) is 0 Å². The molecule has 0 fully saturated rings. The third-order valence-electron chi connectivity index (χ3n) is 3.72. The van der Waals surface area contributed by atoms with Gasteiger partial charge < -0.3 is 10.2 Å². The van der Waals surface area contributed by atoms with Gasteiger partial charge in [-0.1, -0.05) is 80.5 Å². The highest BCUT2D eigenvalue weighted by Crippen LogP contribution is 2.09. The summed E-state index contributed by atoms with van der Waals surface area (Å²) < 4.78 is 0. The SMILES string of the molecule is CC/C=C\C[C@@H](O)/C=C/C=C\C/C=C\C=C\C(CCCCCC(=O)O)OO. The van der Waals surface area contributed by atoms with Gasteiger partial charge >= 0.3 is 5.97 Å². The molecule has 0 aromatic carbocycles. The van der Waals surface area contributed by atoms with Crippen LogP contribution >= 0.6 is 0 Å². The molecule has 0 heterocycles. The van der Waals surface area contributed by atoms with Gasteiger partial charge in [-0.25, -0.2) is 4.89 Å². The van der Waals surface area contributed by atoms with E-state index in [2.05, 4.69) is 11.8 Å². The van der Waals surface area contributed by atoms with Crippen LogP contribution in [0.3, 0.4) is 0 Å². The average molecular weight is 379 g/mol. The molecule has 0 saturated heterocycles. The Balaban J connectivity index is 3.90. The van der Waals surface area contributed by atoms with E-state index < -0.39 is 12.1 Å². The van der Waals surface area contributed by atoms with Crippen molar-refractivity contribution >= 4 is 5.97 Å². The lowest BCUT2D eigenvalue weighted by Crippen LogP contribution is -2.06. The number of aliphatic hydroxyl groups is 1. The van der Waals surface area contributed by atoms with E-state index in [1.807, 2.05) is 48.6 Å². The Kier molecular flexibility index (Phi) is 17.5. The first-order valence-corrected chi connectivity index (χ1v) is 9.61. The Hall–Kier alpha value is -1.95. The van der Waals surface area contributed by atoms with Gasteiger partial charge in [0.1, 0.15) is 6.10 Å². The summed E-state index contributed by atoms with van der Waals surface area (Å²) in [5, 5.41) is 27.1. The maximum absolute atomic E-state index is 10.4. The van der Waals surface area contributed by atoms with Crippen LogP contribution in [-0.4, -0.2) is 33.6 Å². The van der Waals surface area contributed by atoms with Crippen molar-refractivity contribution in [2.75, 3.05) is 0 Å². The van der Waals surface area contributed by atoms with E-state index in [0.717, 1.165) is 25.7 Å². The average Bonchev–Trinajstić information content (AvgIpc) is 2.64. The summed E-state index contributed by atoms with van der Waals surface area (Å²) in [6.45, 7) is 2.06. The quantitative estimate of drug-likeness (QED) is 0.113. The number of hydrogen-bond donors (Lipinski definition) is 3. The van der Waals surface area contributed by atoms with Gasteiger partial charge in [0.05, 0.1) is 6.10 Å². The van der Waals surface area contributed by atoms with Crippen molar-refractivity contribution in [3.8, 4) is 0 Å². The van der Waals surface area contributed by atoms with E-state index in [9.17, 15) is 9.90 Å². The van der Waals surface area contributed by atoms with Gasteiger partial charge in [-0.05, 0) is 32.1 Å². The van der Waals surface area contributed by atoms with Crippen molar-refractivity contribution in [1.29, 1.82) is 0 Å². The van der Waals surface area contributed by atoms with Crippen LogP contribution in [0.2, 0.25) is 0 Å². The Bertz CT molecular complexity index is 503. The fourth-order valence-electron chi connectivity index (χ4n) is 2.24. The number of carboxylic acid groups (broad SMARTS) is 1. The Morgan fingerprint density at radius 3 is 2.30 bits per heavy atom. The maximum atomic E-state index is 10.4. The third kappa shape index (κ3) is 18.6. The highest BCUT2D eigenvalue weighted by atomic mass is 17.1. The predicted octanol–water partition coefficient (Wildman–Crippen LogP) is 5.21. The lowest BCUT2D eigenvalue weighted by molar-refractivity contribution is -0.267. The number of allylic oxidation sites excluding steroid dienone is 7. The number of carbonyl (C=O) groups is 1. The molecule has 0 saturated carbocycles. The molecule has 27 heavy (non-hydrogen) atoms. The molecule has 0 aromatic heterocycles. The van der Waals surface area contributed by atoms with Crippen LogP contribution in [0.4, 0.5) is 0 Å². The molecule has 5 nitrogen and oxygen atoms in total. The minimum Gasteiger partial charge on any atom is -0.481 e. The fourth-order valence-corrected chi connectivity index (χ4v) is 2.24. The van der Waals surface area contributed by atoms with Gasteiger partial charge in [0.15, 0.2) is 0 Å². The van der Waals surface area contributed by atoms with Crippen LogP contribution in [-0.2, 0) is 9.68 Å². The predicted molar refractivity (Wildman–Crippen MR) is 109 cm³/mol. The van der Waals surface area contributed by atoms with E-state index in [-0.39, 0.29) is 12.5 Å². The molecule has 0 radical (unpaired) electrons. The summed E-state index contributed by atoms with van der Waals surface area (Å²) in [5.41, 5.74) is 0. The highest BCUT2D eigenvalue weighted by molar-refractivity contribution is 5.66. The van der Waals surface area contributed by atoms with Crippen LogP contribution in [0, 0.1) is 0 Å². The molecule has 0 bridgehead atoms. The molecule has 0 aromatic rings. The lowest BCUT2D eigenvalue weighted by atomic mass is 10.1. The molecule has 0 aliphatic heterocycles. The molecule has 3 N–H and O–H groups in total. The van der Waals surface area contributed by atoms with Crippen LogP contribution < -0.4 is 0 Å². The smallest absolute Gasteiger partial charge is 0.303 e. The zero-order chi connectivity index (χ0) is 20.2. The summed E-state index contributed by atoms with van der Waals surface area (Å²) in [7, 11) is 0. The number of hydrogen-bond acceptors (Lipinski definition) is 4. The number of aliphatic hydroxyl groups excluding tert-OH is 1. The van der Waals surface area contributed by atoms with Crippen LogP contribution in [0.15, 0.2) is 60.8 Å². The largest absolute Gasteiger partial charge is 0.481 e. The van der Waals surface area contributed by atoms with Crippen LogP contribution in [0.1, 0.15) is 58.3 Å². The first-order chi connectivity index (χ1) is 13.1. The summed E-state index contributed by atoms with van der Waals surface area (Å²) in [6.07, 6.45) is 23.6. The second-order valence-corrected chi connectivity index (χ2v) is 6.18.